The molecule has 1 aromatic carbocycles. The Labute approximate surface area is 91.0 Å². The van der Waals surface area contributed by atoms with Gasteiger partial charge >= 0.3 is 0 Å². The van der Waals surface area contributed by atoms with Crippen molar-refractivity contribution in [3.8, 4) is 11.5 Å². The van der Waals surface area contributed by atoms with Gasteiger partial charge in [-0.05, 0) is 24.6 Å². The summed E-state index contributed by atoms with van der Waals surface area (Å²) < 4.78 is 10.2. The molecule has 1 rings (SSSR count). The van der Waals surface area contributed by atoms with Crippen molar-refractivity contribution < 1.29 is 14.3 Å². The van der Waals surface area contributed by atoms with E-state index in [4.69, 9.17) is 9.47 Å². The molecule has 0 spiro atoms. The fourth-order valence-corrected chi connectivity index (χ4v) is 1.25. The maximum atomic E-state index is 10.5. The molecule has 15 heavy (non-hydrogen) atoms. The molecule has 0 aliphatic heterocycles. The number of carbonyl (C=O) groups is 1. The van der Waals surface area contributed by atoms with Gasteiger partial charge in [-0.1, -0.05) is 13.8 Å². The van der Waals surface area contributed by atoms with Crippen molar-refractivity contribution in [2.24, 2.45) is 0 Å². The molecular weight excluding hydrogens is 192 g/mol. The lowest BCUT2D eigenvalue weighted by molar-refractivity contribution is 0.112. The van der Waals surface area contributed by atoms with Gasteiger partial charge in [-0.25, -0.2) is 0 Å². The van der Waals surface area contributed by atoms with Crippen LogP contribution < -0.4 is 9.47 Å². The molecule has 0 radical (unpaired) electrons. The monoisotopic (exact) mass is 210 g/mol. The summed E-state index contributed by atoms with van der Waals surface area (Å²) in [5, 5.41) is 0. The minimum Gasteiger partial charge on any atom is -0.493 e. The summed E-state index contributed by atoms with van der Waals surface area (Å²) in [6.07, 6.45) is 0.787. The van der Waals surface area contributed by atoms with Gasteiger partial charge in [0.2, 0.25) is 0 Å². The lowest BCUT2D eigenvalue weighted by Crippen LogP contribution is -1.95. The lowest BCUT2D eigenvalue weighted by Gasteiger charge is -2.10. The van der Waals surface area contributed by atoms with Gasteiger partial charge in [-0.3, -0.25) is 4.79 Å². The van der Waals surface area contributed by atoms with Crippen LogP contribution in [0.2, 0.25) is 0 Å². The first-order valence-electron chi connectivity index (χ1n) is 4.90. The molecule has 0 saturated heterocycles. The molecule has 0 aliphatic carbocycles. The van der Waals surface area contributed by atoms with Crippen LogP contribution in [0.4, 0.5) is 0 Å². The number of rotatable bonds is 3. The van der Waals surface area contributed by atoms with Crippen LogP contribution in [0.25, 0.3) is 0 Å². The number of aryl methyl sites for hydroxylation is 1. The van der Waals surface area contributed by atoms with Crippen molar-refractivity contribution in [2.75, 3.05) is 14.2 Å². The summed E-state index contributed by atoms with van der Waals surface area (Å²) in [6, 6.07) is 3.41. The number of benzene rings is 1. The summed E-state index contributed by atoms with van der Waals surface area (Å²) >= 11 is 0. The predicted octanol–water partition coefficient (Wildman–Crippen LogP) is 2.85. The highest BCUT2D eigenvalue weighted by Gasteiger charge is 2.08. The zero-order valence-corrected chi connectivity index (χ0v) is 9.96. The Morgan fingerprint density at radius 1 is 1.13 bits per heavy atom. The number of methoxy groups -OCH3 is 2. The molecule has 0 aromatic heterocycles. The van der Waals surface area contributed by atoms with Gasteiger partial charge in [-0.15, -0.1) is 0 Å². The Kier molecular flexibility index (Phi) is 6.18. The van der Waals surface area contributed by atoms with E-state index < -0.39 is 0 Å². The normalized spacial score (nSPS) is 8.60. The SMILES string of the molecule is CC.COc1cc(C=O)cc(C)c1OC. The van der Waals surface area contributed by atoms with Crippen molar-refractivity contribution in [1.82, 2.24) is 0 Å². The lowest BCUT2D eigenvalue weighted by atomic mass is 10.1. The molecule has 0 bridgehead atoms. The van der Waals surface area contributed by atoms with Gasteiger partial charge in [0.25, 0.3) is 0 Å². The van der Waals surface area contributed by atoms with Crippen molar-refractivity contribution in [3.63, 3.8) is 0 Å². The molecule has 1 aromatic rings. The van der Waals surface area contributed by atoms with Crippen molar-refractivity contribution in [1.29, 1.82) is 0 Å². The van der Waals surface area contributed by atoms with E-state index >= 15 is 0 Å². The van der Waals surface area contributed by atoms with Crippen LogP contribution >= 0.6 is 0 Å². The highest BCUT2D eigenvalue weighted by molar-refractivity contribution is 5.77. The van der Waals surface area contributed by atoms with Crippen molar-refractivity contribution >= 4 is 6.29 Å². The molecule has 0 atom stereocenters. The maximum absolute atomic E-state index is 10.5. The first-order chi connectivity index (χ1) is 7.22. The Bertz CT molecular complexity index is 319. The fraction of sp³-hybridized carbons (Fsp3) is 0.417. The van der Waals surface area contributed by atoms with Gasteiger partial charge < -0.3 is 9.47 Å². The molecule has 0 aliphatic rings. The molecule has 0 unspecified atom stereocenters. The van der Waals surface area contributed by atoms with Gasteiger partial charge in [0.05, 0.1) is 14.2 Å². The van der Waals surface area contributed by atoms with E-state index in [1.54, 1.807) is 26.4 Å². The smallest absolute Gasteiger partial charge is 0.163 e. The molecular formula is C12H18O3. The van der Waals surface area contributed by atoms with Crippen LogP contribution in [-0.4, -0.2) is 20.5 Å². The van der Waals surface area contributed by atoms with E-state index in [0.717, 1.165) is 11.8 Å². The van der Waals surface area contributed by atoms with E-state index in [9.17, 15) is 4.79 Å². The van der Waals surface area contributed by atoms with Crippen LogP contribution in [0.3, 0.4) is 0 Å². The number of ether oxygens (including phenoxy) is 2. The van der Waals surface area contributed by atoms with Gasteiger partial charge in [-0.2, -0.15) is 0 Å². The number of carbonyl (C=O) groups excluding carboxylic acids is 1. The Hall–Kier alpha value is -1.51. The Balaban J connectivity index is 0.000000921. The number of hydrogen-bond donors (Lipinski definition) is 0. The molecule has 0 N–H and O–H groups in total. The Morgan fingerprint density at radius 2 is 1.73 bits per heavy atom. The topological polar surface area (TPSA) is 35.5 Å². The molecule has 0 heterocycles. The first-order valence-corrected chi connectivity index (χ1v) is 4.90. The molecule has 0 amide bonds. The van der Waals surface area contributed by atoms with E-state index in [2.05, 4.69) is 0 Å². The van der Waals surface area contributed by atoms with Crippen LogP contribution in [0.5, 0.6) is 11.5 Å². The van der Waals surface area contributed by atoms with E-state index in [0.29, 0.717) is 17.1 Å². The first kappa shape index (κ1) is 13.5. The second-order valence-electron chi connectivity index (χ2n) is 2.69. The number of aldehydes is 1. The zero-order valence-electron chi connectivity index (χ0n) is 9.96. The molecule has 0 fully saturated rings. The van der Waals surface area contributed by atoms with Gasteiger partial charge in [0.15, 0.2) is 11.5 Å². The highest BCUT2D eigenvalue weighted by Crippen LogP contribution is 2.31. The van der Waals surface area contributed by atoms with Crippen molar-refractivity contribution in [3.05, 3.63) is 23.3 Å². The van der Waals surface area contributed by atoms with Gasteiger partial charge in [0.1, 0.15) is 6.29 Å². The van der Waals surface area contributed by atoms with E-state index in [1.165, 1.54) is 0 Å². The average Bonchev–Trinajstić information content (AvgIpc) is 2.30. The standard InChI is InChI=1S/C10H12O3.C2H6/c1-7-4-8(6-11)5-9(12-2)10(7)13-3;1-2/h4-6H,1-3H3;1-2H3. The summed E-state index contributed by atoms with van der Waals surface area (Å²) in [5.41, 5.74) is 1.49. The maximum Gasteiger partial charge on any atom is 0.163 e. The van der Waals surface area contributed by atoms with E-state index in [-0.39, 0.29) is 0 Å². The van der Waals surface area contributed by atoms with Crippen LogP contribution in [0.1, 0.15) is 29.8 Å². The molecule has 3 heteroatoms. The fourth-order valence-electron chi connectivity index (χ4n) is 1.25. The quantitative estimate of drug-likeness (QED) is 0.720. The molecule has 0 saturated carbocycles. The third kappa shape index (κ3) is 3.27. The van der Waals surface area contributed by atoms with Gasteiger partial charge in [0, 0.05) is 5.56 Å². The highest BCUT2D eigenvalue weighted by atomic mass is 16.5. The summed E-state index contributed by atoms with van der Waals surface area (Å²) in [5.74, 6) is 1.26. The van der Waals surface area contributed by atoms with E-state index in [1.807, 2.05) is 20.8 Å². The molecule has 3 nitrogen and oxygen atoms in total. The third-order valence-corrected chi connectivity index (χ3v) is 1.82. The predicted molar refractivity (Wildman–Crippen MR) is 61.0 cm³/mol. The third-order valence-electron chi connectivity index (χ3n) is 1.82. The minimum absolute atomic E-state index is 0.588. The summed E-state index contributed by atoms with van der Waals surface area (Å²) in [4.78, 5) is 10.5. The van der Waals surface area contributed by atoms with Crippen LogP contribution in [-0.2, 0) is 0 Å². The largest absolute Gasteiger partial charge is 0.493 e. The van der Waals surface area contributed by atoms with Crippen LogP contribution in [0, 0.1) is 6.92 Å². The Morgan fingerprint density at radius 3 is 2.13 bits per heavy atom. The molecule has 84 valence electrons. The number of hydrogen-bond acceptors (Lipinski definition) is 3. The summed E-state index contributed by atoms with van der Waals surface area (Å²) in [7, 11) is 3.12. The summed E-state index contributed by atoms with van der Waals surface area (Å²) in [6.45, 7) is 5.87. The van der Waals surface area contributed by atoms with Crippen molar-refractivity contribution in [2.45, 2.75) is 20.8 Å². The average molecular weight is 210 g/mol. The minimum atomic E-state index is 0.588. The zero-order chi connectivity index (χ0) is 11.8. The second kappa shape index (κ2) is 6.87. The second-order valence-corrected chi connectivity index (χ2v) is 2.69. The van der Waals surface area contributed by atoms with Crippen LogP contribution in [0.15, 0.2) is 12.1 Å².